The molecular formula is C17H19BrFN. The van der Waals surface area contributed by atoms with E-state index in [1.165, 1.54) is 17.7 Å². The van der Waals surface area contributed by atoms with Crippen LogP contribution in [0.25, 0.3) is 0 Å². The predicted octanol–water partition coefficient (Wildman–Crippen LogP) is 5.15. The zero-order valence-corrected chi connectivity index (χ0v) is 13.3. The van der Waals surface area contributed by atoms with E-state index < -0.39 is 0 Å². The molecular weight excluding hydrogens is 317 g/mol. The van der Waals surface area contributed by atoms with Gasteiger partial charge in [-0.1, -0.05) is 60.1 Å². The van der Waals surface area contributed by atoms with Crippen molar-refractivity contribution in [3.05, 3.63) is 69.4 Å². The molecule has 0 saturated heterocycles. The Bertz CT molecular complexity index is 580. The summed E-state index contributed by atoms with van der Waals surface area (Å²) in [6.45, 7) is 4.39. The molecule has 0 radical (unpaired) electrons. The quantitative estimate of drug-likeness (QED) is 0.821. The number of halogens is 2. The van der Waals surface area contributed by atoms with Crippen LogP contribution in [0.15, 0.2) is 46.9 Å². The molecule has 0 aromatic heterocycles. The average Bonchev–Trinajstić information content (AvgIpc) is 2.46. The van der Waals surface area contributed by atoms with Gasteiger partial charge in [0.1, 0.15) is 5.82 Å². The molecule has 0 aliphatic heterocycles. The van der Waals surface area contributed by atoms with E-state index in [-0.39, 0.29) is 11.9 Å². The first kappa shape index (κ1) is 15.2. The zero-order chi connectivity index (χ0) is 14.7. The summed E-state index contributed by atoms with van der Waals surface area (Å²) in [4.78, 5) is 0. The maximum Gasteiger partial charge on any atom is 0.124 e. The molecule has 2 aromatic rings. The normalized spacial score (nSPS) is 14.1. The van der Waals surface area contributed by atoms with Crippen LogP contribution in [0.2, 0.25) is 0 Å². The Labute approximate surface area is 128 Å². The number of nitrogens with two attached hydrogens (primary N) is 1. The van der Waals surface area contributed by atoms with Crippen molar-refractivity contribution in [3.8, 4) is 0 Å². The molecule has 20 heavy (non-hydrogen) atoms. The Hall–Kier alpha value is -1.19. The van der Waals surface area contributed by atoms with E-state index in [1.54, 1.807) is 6.07 Å². The zero-order valence-electron chi connectivity index (χ0n) is 11.7. The topological polar surface area (TPSA) is 26.0 Å². The van der Waals surface area contributed by atoms with Crippen LogP contribution < -0.4 is 5.73 Å². The van der Waals surface area contributed by atoms with Crippen LogP contribution in [-0.4, -0.2) is 0 Å². The van der Waals surface area contributed by atoms with Gasteiger partial charge in [-0.15, -0.1) is 0 Å². The Morgan fingerprint density at radius 2 is 1.70 bits per heavy atom. The minimum absolute atomic E-state index is 0.254. The minimum atomic E-state index is -0.264. The second-order valence-corrected chi connectivity index (χ2v) is 5.97. The van der Waals surface area contributed by atoms with Crippen molar-refractivity contribution in [3.63, 3.8) is 0 Å². The molecule has 2 aromatic carbocycles. The van der Waals surface area contributed by atoms with Crippen molar-refractivity contribution in [2.24, 2.45) is 5.73 Å². The van der Waals surface area contributed by atoms with Crippen LogP contribution in [0.3, 0.4) is 0 Å². The fourth-order valence-corrected chi connectivity index (χ4v) is 2.80. The van der Waals surface area contributed by atoms with Crippen molar-refractivity contribution >= 4 is 15.9 Å². The second-order valence-electron chi connectivity index (χ2n) is 5.12. The molecule has 0 spiro atoms. The van der Waals surface area contributed by atoms with Gasteiger partial charge >= 0.3 is 0 Å². The number of rotatable bonds is 4. The van der Waals surface area contributed by atoms with E-state index in [0.29, 0.717) is 10.4 Å². The van der Waals surface area contributed by atoms with Gasteiger partial charge in [-0.25, -0.2) is 4.39 Å². The maximum absolute atomic E-state index is 13.1. The molecule has 2 N–H and O–H groups in total. The third kappa shape index (κ3) is 3.28. The molecule has 0 aliphatic carbocycles. The molecule has 0 fully saturated rings. The predicted molar refractivity (Wildman–Crippen MR) is 85.3 cm³/mol. The summed E-state index contributed by atoms with van der Waals surface area (Å²) in [7, 11) is 0. The van der Waals surface area contributed by atoms with Gasteiger partial charge in [-0.05, 0) is 41.2 Å². The Morgan fingerprint density at radius 3 is 2.25 bits per heavy atom. The molecule has 0 heterocycles. The number of hydrogen-bond donors (Lipinski definition) is 1. The lowest BCUT2D eigenvalue weighted by molar-refractivity contribution is 0.625. The van der Waals surface area contributed by atoms with Gasteiger partial charge < -0.3 is 5.73 Å². The highest BCUT2D eigenvalue weighted by molar-refractivity contribution is 9.10. The summed E-state index contributed by atoms with van der Waals surface area (Å²) >= 11 is 3.37. The van der Waals surface area contributed by atoms with Gasteiger partial charge in [0.05, 0.1) is 6.04 Å². The molecule has 2 rings (SSSR count). The van der Waals surface area contributed by atoms with Crippen LogP contribution in [0, 0.1) is 5.82 Å². The lowest BCUT2D eigenvalue weighted by Crippen LogP contribution is -2.12. The Balaban J connectivity index is 2.26. The highest BCUT2D eigenvalue weighted by Gasteiger charge is 2.13. The summed E-state index contributed by atoms with van der Waals surface area (Å²) in [5.74, 6) is 0.290. The summed E-state index contributed by atoms with van der Waals surface area (Å²) in [5.41, 5.74) is 9.52. The van der Waals surface area contributed by atoms with E-state index in [0.717, 1.165) is 17.5 Å². The highest BCUT2D eigenvalue weighted by Crippen LogP contribution is 2.28. The first-order chi connectivity index (χ1) is 9.52. The fraction of sp³-hybridized carbons (Fsp3) is 0.294. The molecule has 106 valence electrons. The van der Waals surface area contributed by atoms with Gasteiger partial charge in [0.2, 0.25) is 0 Å². The van der Waals surface area contributed by atoms with Crippen LogP contribution in [0.5, 0.6) is 0 Å². The van der Waals surface area contributed by atoms with Crippen molar-refractivity contribution in [1.82, 2.24) is 0 Å². The molecule has 3 heteroatoms. The van der Waals surface area contributed by atoms with Gasteiger partial charge in [-0.3, -0.25) is 0 Å². The molecule has 0 amide bonds. The average molecular weight is 336 g/mol. The third-order valence-corrected chi connectivity index (χ3v) is 4.46. The van der Waals surface area contributed by atoms with Gasteiger partial charge in [0.15, 0.2) is 0 Å². The molecule has 0 aliphatic rings. The van der Waals surface area contributed by atoms with Crippen molar-refractivity contribution in [2.75, 3.05) is 0 Å². The Kier molecular flexibility index (Phi) is 4.95. The molecule has 2 atom stereocenters. The van der Waals surface area contributed by atoms with Gasteiger partial charge in [-0.2, -0.15) is 0 Å². The lowest BCUT2D eigenvalue weighted by atomic mass is 9.94. The molecule has 0 saturated carbocycles. The molecule has 2 unspecified atom stereocenters. The van der Waals surface area contributed by atoms with Crippen LogP contribution in [-0.2, 0) is 0 Å². The monoisotopic (exact) mass is 335 g/mol. The Morgan fingerprint density at radius 1 is 1.10 bits per heavy atom. The van der Waals surface area contributed by atoms with E-state index in [9.17, 15) is 4.39 Å². The number of benzene rings is 2. The van der Waals surface area contributed by atoms with Crippen LogP contribution >= 0.6 is 15.9 Å². The van der Waals surface area contributed by atoms with Crippen molar-refractivity contribution in [2.45, 2.75) is 32.2 Å². The summed E-state index contributed by atoms with van der Waals surface area (Å²) in [5, 5.41) is 0. The third-order valence-electron chi connectivity index (χ3n) is 3.77. The first-order valence-corrected chi connectivity index (χ1v) is 7.62. The minimum Gasteiger partial charge on any atom is -0.320 e. The maximum atomic E-state index is 13.1. The summed E-state index contributed by atoms with van der Waals surface area (Å²) in [6.07, 6.45) is 1.12. The highest BCUT2D eigenvalue weighted by atomic mass is 79.9. The van der Waals surface area contributed by atoms with Crippen LogP contribution in [0.4, 0.5) is 4.39 Å². The first-order valence-electron chi connectivity index (χ1n) is 6.83. The lowest BCUT2D eigenvalue weighted by Gasteiger charge is -2.16. The fourth-order valence-electron chi connectivity index (χ4n) is 2.20. The van der Waals surface area contributed by atoms with Crippen molar-refractivity contribution < 1.29 is 4.39 Å². The smallest absolute Gasteiger partial charge is 0.124 e. The van der Waals surface area contributed by atoms with E-state index in [1.807, 2.05) is 0 Å². The standard InChI is InChI=1S/C17H19BrFN/c1-3-11(2)12-4-6-13(7-5-12)17(20)15-9-8-14(19)10-16(15)18/h4-11,17H,3,20H2,1-2H3. The largest absolute Gasteiger partial charge is 0.320 e. The SMILES string of the molecule is CCC(C)c1ccc(C(N)c2ccc(F)cc2Br)cc1. The number of hydrogen-bond acceptors (Lipinski definition) is 1. The molecule has 0 bridgehead atoms. The second kappa shape index (κ2) is 6.51. The van der Waals surface area contributed by atoms with Crippen LogP contribution in [0.1, 0.15) is 48.9 Å². The summed E-state index contributed by atoms with van der Waals surface area (Å²) in [6, 6.07) is 12.7. The summed E-state index contributed by atoms with van der Waals surface area (Å²) < 4.78 is 13.8. The van der Waals surface area contributed by atoms with Gasteiger partial charge in [0, 0.05) is 4.47 Å². The van der Waals surface area contributed by atoms with E-state index >= 15 is 0 Å². The van der Waals surface area contributed by atoms with Gasteiger partial charge in [0.25, 0.3) is 0 Å². The van der Waals surface area contributed by atoms with Crippen molar-refractivity contribution in [1.29, 1.82) is 0 Å². The van der Waals surface area contributed by atoms with E-state index in [4.69, 9.17) is 5.73 Å². The molecule has 1 nitrogen and oxygen atoms in total. The van der Waals surface area contributed by atoms with E-state index in [2.05, 4.69) is 54.0 Å².